The fourth-order valence-corrected chi connectivity index (χ4v) is 6.10. The number of carbonyl (C=O) groups is 1. The maximum Gasteiger partial charge on any atom is 0.253 e. The molecule has 0 saturated carbocycles. The Bertz CT molecular complexity index is 868. The van der Waals surface area contributed by atoms with E-state index < -0.39 is 10.0 Å². The largest absolute Gasteiger partial charge is 0.379 e. The Morgan fingerprint density at radius 2 is 1.73 bits per heavy atom. The van der Waals surface area contributed by atoms with Crippen molar-refractivity contribution in [2.75, 3.05) is 26.3 Å². The van der Waals surface area contributed by atoms with E-state index in [0.29, 0.717) is 26.3 Å². The van der Waals surface area contributed by atoms with Crippen molar-refractivity contribution in [2.45, 2.75) is 62.6 Å². The number of carbonyl (C=O) groups excluding carboxylic acids is 1. The van der Waals surface area contributed by atoms with Gasteiger partial charge in [0, 0.05) is 30.2 Å². The fourth-order valence-electron chi connectivity index (χ4n) is 4.46. The second-order valence-electron chi connectivity index (χ2n) is 9.13. The molecule has 2 aliphatic heterocycles. The minimum absolute atomic E-state index is 0. The van der Waals surface area contributed by atoms with Crippen LogP contribution in [0.1, 0.15) is 50.9 Å². The van der Waals surface area contributed by atoms with Crippen molar-refractivity contribution < 1.29 is 17.9 Å². The number of rotatable bonds is 4. The minimum atomic E-state index is -3.70. The Morgan fingerprint density at radius 1 is 1.17 bits per heavy atom. The zero-order chi connectivity index (χ0) is 21.4. The predicted molar refractivity (Wildman–Crippen MR) is 120 cm³/mol. The lowest BCUT2D eigenvalue weighted by atomic mass is 9.79. The van der Waals surface area contributed by atoms with Gasteiger partial charge in [0.25, 0.3) is 5.91 Å². The first-order valence-corrected chi connectivity index (χ1v) is 11.7. The zero-order valence-electron chi connectivity index (χ0n) is 17.8. The molecule has 0 aromatic heterocycles. The second-order valence-corrected chi connectivity index (χ2v) is 11.5. The molecule has 2 aliphatic rings. The molecule has 2 N–H and O–H groups in total. The molecule has 3 rings (SSSR count). The molecule has 30 heavy (non-hydrogen) atoms. The van der Waals surface area contributed by atoms with Crippen LogP contribution in [0.25, 0.3) is 0 Å². The van der Waals surface area contributed by atoms with E-state index >= 15 is 0 Å². The summed E-state index contributed by atoms with van der Waals surface area (Å²) in [6.45, 7) is 9.75. The van der Waals surface area contributed by atoms with E-state index in [1.165, 1.54) is 22.5 Å². The van der Waals surface area contributed by atoms with Gasteiger partial charge in [0.1, 0.15) is 0 Å². The summed E-state index contributed by atoms with van der Waals surface area (Å²) in [6.07, 6.45) is 1.54. The third kappa shape index (κ3) is 5.87. The van der Waals surface area contributed by atoms with Crippen molar-refractivity contribution >= 4 is 39.9 Å². The second kappa shape index (κ2) is 9.30. The van der Waals surface area contributed by atoms with E-state index in [2.05, 4.69) is 38.3 Å². The third-order valence-electron chi connectivity index (χ3n) is 5.32. The number of amides is 1. The van der Waals surface area contributed by atoms with E-state index in [9.17, 15) is 13.2 Å². The highest BCUT2D eigenvalue weighted by atomic mass is 35.5. The van der Waals surface area contributed by atoms with Gasteiger partial charge < -0.3 is 15.4 Å². The number of hydrogen-bond acceptors (Lipinski definition) is 5. The van der Waals surface area contributed by atoms with Gasteiger partial charge in [-0.3, -0.25) is 4.79 Å². The first kappa shape index (κ1) is 25.4. The van der Waals surface area contributed by atoms with Crippen LogP contribution in [0.2, 0.25) is 5.02 Å². The zero-order valence-corrected chi connectivity index (χ0v) is 20.2. The van der Waals surface area contributed by atoms with Gasteiger partial charge in [-0.25, -0.2) is 8.42 Å². The predicted octanol–water partition coefficient (Wildman–Crippen LogP) is 2.82. The van der Waals surface area contributed by atoms with Crippen LogP contribution in [-0.2, 0) is 14.8 Å². The number of sulfonamides is 1. The Kier molecular flexibility index (Phi) is 7.86. The van der Waals surface area contributed by atoms with Crippen LogP contribution < -0.4 is 10.6 Å². The average molecular weight is 480 g/mol. The van der Waals surface area contributed by atoms with E-state index in [1.54, 1.807) is 0 Å². The number of benzene rings is 1. The first-order valence-electron chi connectivity index (χ1n) is 9.87. The molecule has 2 fully saturated rings. The highest BCUT2D eigenvalue weighted by Gasteiger charge is 2.38. The molecule has 10 heteroatoms. The molecule has 170 valence electrons. The number of ether oxygens (including phenoxy) is 1. The van der Waals surface area contributed by atoms with Gasteiger partial charge in [-0.05, 0) is 58.7 Å². The molecular formula is C20H31Cl2N3O4S. The van der Waals surface area contributed by atoms with Crippen molar-refractivity contribution in [3.8, 4) is 0 Å². The quantitative estimate of drug-likeness (QED) is 0.692. The number of morpholine rings is 1. The highest BCUT2D eigenvalue weighted by Crippen LogP contribution is 2.29. The average Bonchev–Trinajstić information content (AvgIpc) is 2.59. The summed E-state index contributed by atoms with van der Waals surface area (Å²) in [7, 11) is -3.70. The van der Waals surface area contributed by atoms with Crippen LogP contribution in [0.3, 0.4) is 0 Å². The van der Waals surface area contributed by atoms with Crippen LogP contribution in [-0.4, -0.2) is 62.1 Å². The number of hydrogen-bond donors (Lipinski definition) is 2. The van der Waals surface area contributed by atoms with E-state index in [4.69, 9.17) is 16.3 Å². The molecule has 2 saturated heterocycles. The number of nitrogens with zero attached hydrogens (tertiary/aromatic N) is 1. The van der Waals surface area contributed by atoms with Crippen LogP contribution >= 0.6 is 24.0 Å². The van der Waals surface area contributed by atoms with Crippen LogP contribution in [0, 0.1) is 0 Å². The summed E-state index contributed by atoms with van der Waals surface area (Å²) in [5, 5.41) is 6.87. The molecule has 2 heterocycles. The van der Waals surface area contributed by atoms with Crippen LogP contribution in [0.15, 0.2) is 23.1 Å². The molecule has 0 bridgehead atoms. The van der Waals surface area contributed by atoms with Crippen molar-refractivity contribution in [2.24, 2.45) is 0 Å². The number of piperidine rings is 1. The Balaban J connectivity index is 0.00000320. The van der Waals surface area contributed by atoms with Gasteiger partial charge in [0.05, 0.1) is 28.7 Å². The lowest BCUT2D eigenvalue weighted by Gasteiger charge is -2.46. The van der Waals surface area contributed by atoms with Crippen molar-refractivity contribution in [1.82, 2.24) is 14.9 Å². The van der Waals surface area contributed by atoms with E-state index in [-0.39, 0.29) is 50.9 Å². The summed E-state index contributed by atoms with van der Waals surface area (Å²) in [5.74, 6) is -0.354. The molecule has 0 radical (unpaired) electrons. The molecule has 1 amide bonds. The lowest BCUT2D eigenvalue weighted by Crippen LogP contribution is -2.62. The van der Waals surface area contributed by atoms with Crippen LogP contribution in [0.4, 0.5) is 0 Å². The smallest absolute Gasteiger partial charge is 0.253 e. The standard InChI is InChI=1S/C20H30ClN3O4S.ClH/c1-19(2)12-14(13-20(3,4)23-19)22-18(25)16-11-15(5-6-17(16)21)29(26,27)24-7-9-28-10-8-24;/h5-6,11,14,23H,7-10,12-13H2,1-4H3,(H,22,25);1H. The minimum Gasteiger partial charge on any atom is -0.379 e. The summed E-state index contributed by atoms with van der Waals surface area (Å²) in [6, 6.07) is 4.25. The Morgan fingerprint density at radius 3 is 2.30 bits per heavy atom. The molecule has 7 nitrogen and oxygen atoms in total. The molecule has 0 atom stereocenters. The topological polar surface area (TPSA) is 87.7 Å². The van der Waals surface area contributed by atoms with Crippen molar-refractivity contribution in [1.29, 1.82) is 0 Å². The van der Waals surface area contributed by atoms with E-state index in [1.807, 2.05) is 0 Å². The summed E-state index contributed by atoms with van der Waals surface area (Å²) >= 11 is 6.26. The van der Waals surface area contributed by atoms with Gasteiger partial charge in [-0.15, -0.1) is 12.4 Å². The number of nitrogens with one attached hydrogen (secondary N) is 2. The normalized spacial score (nSPS) is 22.2. The molecule has 1 aromatic carbocycles. The Labute approximate surface area is 190 Å². The monoisotopic (exact) mass is 479 g/mol. The first-order chi connectivity index (χ1) is 13.4. The molecule has 1 aromatic rings. The van der Waals surface area contributed by atoms with Gasteiger partial charge in [-0.1, -0.05) is 11.6 Å². The molecule has 0 spiro atoms. The van der Waals surface area contributed by atoms with Gasteiger partial charge in [0.2, 0.25) is 10.0 Å². The SMILES string of the molecule is CC1(C)CC(NC(=O)c2cc(S(=O)(=O)N3CCOCC3)ccc2Cl)CC(C)(C)N1.Cl. The van der Waals surface area contributed by atoms with Crippen molar-refractivity contribution in [3.63, 3.8) is 0 Å². The summed E-state index contributed by atoms with van der Waals surface area (Å²) < 4.78 is 32.4. The summed E-state index contributed by atoms with van der Waals surface area (Å²) in [5.41, 5.74) is -0.0640. The van der Waals surface area contributed by atoms with Gasteiger partial charge in [-0.2, -0.15) is 4.31 Å². The van der Waals surface area contributed by atoms with Crippen molar-refractivity contribution in [3.05, 3.63) is 28.8 Å². The fraction of sp³-hybridized carbons (Fsp3) is 0.650. The molecular weight excluding hydrogens is 449 g/mol. The van der Waals surface area contributed by atoms with Gasteiger partial charge >= 0.3 is 0 Å². The number of halogens is 2. The Hall–Kier alpha value is -0.900. The van der Waals surface area contributed by atoms with Crippen LogP contribution in [0.5, 0.6) is 0 Å². The maximum atomic E-state index is 13.0. The third-order valence-corrected chi connectivity index (χ3v) is 7.54. The highest BCUT2D eigenvalue weighted by molar-refractivity contribution is 7.89. The lowest BCUT2D eigenvalue weighted by molar-refractivity contribution is 0.0730. The molecule has 0 unspecified atom stereocenters. The van der Waals surface area contributed by atoms with E-state index in [0.717, 1.165) is 12.8 Å². The summed E-state index contributed by atoms with van der Waals surface area (Å²) in [4.78, 5) is 13.0. The van der Waals surface area contributed by atoms with Gasteiger partial charge in [0.15, 0.2) is 0 Å². The molecule has 0 aliphatic carbocycles. The maximum absolute atomic E-state index is 13.0.